The summed E-state index contributed by atoms with van der Waals surface area (Å²) in [6, 6.07) is 0. The number of halogens is 2. The van der Waals surface area contributed by atoms with E-state index in [0.29, 0.717) is 26.4 Å². The molecule has 14 heavy (non-hydrogen) atoms. The topological polar surface area (TPSA) is 36.9 Å². The summed E-state index contributed by atoms with van der Waals surface area (Å²) in [4.78, 5) is 0. The van der Waals surface area contributed by atoms with Gasteiger partial charge in [0.25, 0.3) is 0 Å². The van der Waals surface area contributed by atoms with E-state index in [1.807, 2.05) is 0 Å². The molecule has 0 bridgehead atoms. The van der Waals surface area contributed by atoms with Crippen LogP contribution in [0, 0.1) is 0 Å². The minimum Gasteiger partial charge on any atom is -0.377 e. The van der Waals surface area contributed by atoms with Crippen LogP contribution in [0.15, 0.2) is 0 Å². The summed E-state index contributed by atoms with van der Waals surface area (Å²) >= 11 is 0. The summed E-state index contributed by atoms with van der Waals surface area (Å²) in [5.41, 5.74) is 0. The van der Waals surface area contributed by atoms with Crippen LogP contribution < -0.4 is 0 Å². The third-order valence-corrected chi connectivity index (χ3v) is 1.27. The monoisotopic (exact) mass is 214 g/mol. The maximum Gasteiger partial charge on any atom is 0.188 e. The van der Waals surface area contributed by atoms with E-state index in [4.69, 9.17) is 9.47 Å². The Morgan fingerprint density at radius 2 is 0.786 bits per heavy atom. The maximum absolute atomic E-state index is 11.4. The standard InChI is InChI=1S/C8H16F2O4/c9-7-13-5-3-11-1-2-12-4-6-14-8-10/h1-8H2. The van der Waals surface area contributed by atoms with Crippen LogP contribution in [0.3, 0.4) is 0 Å². The van der Waals surface area contributed by atoms with Gasteiger partial charge in [-0.25, -0.2) is 8.78 Å². The van der Waals surface area contributed by atoms with E-state index in [1.54, 1.807) is 0 Å². The molecule has 0 aliphatic heterocycles. The predicted octanol–water partition coefficient (Wildman–Crippen LogP) is 0.907. The van der Waals surface area contributed by atoms with E-state index in [-0.39, 0.29) is 13.2 Å². The Balaban J connectivity index is 2.78. The number of hydrogen-bond acceptors (Lipinski definition) is 4. The van der Waals surface area contributed by atoms with Crippen molar-refractivity contribution in [2.45, 2.75) is 0 Å². The quantitative estimate of drug-likeness (QED) is 0.479. The minimum atomic E-state index is -0.791. The second-order valence-electron chi connectivity index (χ2n) is 2.26. The molecule has 86 valence electrons. The van der Waals surface area contributed by atoms with Crippen LogP contribution >= 0.6 is 0 Å². The lowest BCUT2D eigenvalue weighted by Crippen LogP contribution is -2.11. The highest BCUT2D eigenvalue weighted by molar-refractivity contribution is 4.32. The van der Waals surface area contributed by atoms with Gasteiger partial charge in [0.05, 0.1) is 39.6 Å². The Kier molecular flexibility index (Phi) is 12.4. The fourth-order valence-electron chi connectivity index (χ4n) is 0.667. The lowest BCUT2D eigenvalue weighted by atomic mass is 10.7. The molecule has 0 saturated carbocycles. The highest BCUT2D eigenvalue weighted by atomic mass is 19.1. The summed E-state index contributed by atoms with van der Waals surface area (Å²) in [5.74, 6) is 0. The molecule has 0 rings (SSSR count). The van der Waals surface area contributed by atoms with Gasteiger partial charge in [0, 0.05) is 0 Å². The fraction of sp³-hybridized carbons (Fsp3) is 1.00. The van der Waals surface area contributed by atoms with Gasteiger partial charge in [-0.1, -0.05) is 0 Å². The molecular weight excluding hydrogens is 198 g/mol. The van der Waals surface area contributed by atoms with Crippen LogP contribution in [0.5, 0.6) is 0 Å². The maximum atomic E-state index is 11.4. The molecular formula is C8H16F2O4. The van der Waals surface area contributed by atoms with Crippen molar-refractivity contribution in [3.05, 3.63) is 0 Å². The van der Waals surface area contributed by atoms with Gasteiger partial charge < -0.3 is 18.9 Å². The molecule has 0 aromatic heterocycles. The molecule has 0 aliphatic carbocycles. The van der Waals surface area contributed by atoms with E-state index < -0.39 is 13.7 Å². The van der Waals surface area contributed by atoms with Gasteiger partial charge in [0.1, 0.15) is 0 Å². The molecule has 0 aliphatic rings. The van der Waals surface area contributed by atoms with E-state index in [1.165, 1.54) is 0 Å². The molecule has 4 nitrogen and oxygen atoms in total. The van der Waals surface area contributed by atoms with Crippen LogP contribution in [-0.2, 0) is 18.9 Å². The predicted molar refractivity (Wildman–Crippen MR) is 45.5 cm³/mol. The lowest BCUT2D eigenvalue weighted by molar-refractivity contribution is -0.0234. The summed E-state index contributed by atoms with van der Waals surface area (Å²) in [7, 11) is 0. The summed E-state index contributed by atoms with van der Waals surface area (Å²) in [6.45, 7) is 0.392. The Bertz CT molecular complexity index is 93.3. The van der Waals surface area contributed by atoms with Crippen LogP contribution in [0.2, 0.25) is 0 Å². The molecule has 0 heterocycles. The third kappa shape index (κ3) is 11.7. The first-order valence-electron chi connectivity index (χ1n) is 4.34. The molecule has 0 unspecified atom stereocenters. The van der Waals surface area contributed by atoms with Crippen LogP contribution in [0.4, 0.5) is 8.78 Å². The van der Waals surface area contributed by atoms with Gasteiger partial charge in [0.15, 0.2) is 13.7 Å². The number of ether oxygens (including phenoxy) is 4. The number of hydrogen-bond donors (Lipinski definition) is 0. The Morgan fingerprint density at radius 1 is 0.500 bits per heavy atom. The van der Waals surface area contributed by atoms with Gasteiger partial charge in [-0.15, -0.1) is 0 Å². The molecule has 0 saturated heterocycles. The summed E-state index contributed by atoms with van der Waals surface area (Å²) in [6.07, 6.45) is 0. The molecule has 0 spiro atoms. The molecule has 0 aromatic carbocycles. The van der Waals surface area contributed by atoms with Crippen molar-refractivity contribution in [1.29, 1.82) is 0 Å². The van der Waals surface area contributed by atoms with Gasteiger partial charge in [-0.3, -0.25) is 0 Å². The SMILES string of the molecule is FCOCCOCCOCCOCF. The van der Waals surface area contributed by atoms with Crippen LogP contribution in [-0.4, -0.2) is 53.4 Å². The Morgan fingerprint density at radius 3 is 1.07 bits per heavy atom. The summed E-state index contributed by atoms with van der Waals surface area (Å²) < 4.78 is 41.6. The van der Waals surface area contributed by atoms with Gasteiger partial charge in [0.2, 0.25) is 0 Å². The normalized spacial score (nSPS) is 10.7. The van der Waals surface area contributed by atoms with Crippen molar-refractivity contribution in [3.63, 3.8) is 0 Å². The second kappa shape index (κ2) is 12.7. The first-order valence-corrected chi connectivity index (χ1v) is 4.34. The van der Waals surface area contributed by atoms with Crippen molar-refractivity contribution in [1.82, 2.24) is 0 Å². The summed E-state index contributed by atoms with van der Waals surface area (Å²) in [5, 5.41) is 0. The largest absolute Gasteiger partial charge is 0.377 e. The fourth-order valence-corrected chi connectivity index (χ4v) is 0.667. The number of alkyl halides is 2. The second-order valence-corrected chi connectivity index (χ2v) is 2.26. The van der Waals surface area contributed by atoms with E-state index >= 15 is 0 Å². The lowest BCUT2D eigenvalue weighted by Gasteiger charge is -2.05. The molecule has 0 N–H and O–H groups in total. The molecule has 0 atom stereocenters. The van der Waals surface area contributed by atoms with Crippen molar-refractivity contribution in [2.75, 3.05) is 53.4 Å². The smallest absolute Gasteiger partial charge is 0.188 e. The molecule has 0 amide bonds. The van der Waals surface area contributed by atoms with Crippen LogP contribution in [0.25, 0.3) is 0 Å². The average molecular weight is 214 g/mol. The Labute approximate surface area is 82.1 Å². The molecule has 6 heteroatoms. The van der Waals surface area contributed by atoms with Crippen molar-refractivity contribution in [3.8, 4) is 0 Å². The third-order valence-electron chi connectivity index (χ3n) is 1.27. The molecule has 0 fully saturated rings. The zero-order valence-corrected chi connectivity index (χ0v) is 8.05. The minimum absolute atomic E-state index is 0.238. The van der Waals surface area contributed by atoms with Crippen molar-refractivity contribution < 1.29 is 27.7 Å². The first kappa shape index (κ1) is 13.7. The van der Waals surface area contributed by atoms with Gasteiger partial charge in [-0.05, 0) is 0 Å². The van der Waals surface area contributed by atoms with Gasteiger partial charge in [-0.2, -0.15) is 0 Å². The zero-order valence-electron chi connectivity index (χ0n) is 8.05. The molecule has 0 aromatic rings. The zero-order chi connectivity index (χ0) is 10.5. The van der Waals surface area contributed by atoms with Crippen molar-refractivity contribution in [2.24, 2.45) is 0 Å². The molecule has 0 radical (unpaired) electrons. The van der Waals surface area contributed by atoms with E-state index in [2.05, 4.69) is 9.47 Å². The Hall–Kier alpha value is -0.300. The highest BCUT2D eigenvalue weighted by Gasteiger charge is 1.91. The average Bonchev–Trinajstić information content (AvgIpc) is 2.21. The van der Waals surface area contributed by atoms with E-state index in [0.717, 1.165) is 0 Å². The van der Waals surface area contributed by atoms with Crippen LogP contribution in [0.1, 0.15) is 0 Å². The van der Waals surface area contributed by atoms with Gasteiger partial charge >= 0.3 is 0 Å². The first-order chi connectivity index (χ1) is 6.91. The number of rotatable bonds is 11. The van der Waals surface area contributed by atoms with E-state index in [9.17, 15) is 8.78 Å². The highest BCUT2D eigenvalue weighted by Crippen LogP contribution is 1.82. The van der Waals surface area contributed by atoms with Crippen molar-refractivity contribution >= 4 is 0 Å².